The van der Waals surface area contributed by atoms with E-state index < -0.39 is 15.4 Å². The number of hydrogen-bond donors (Lipinski definition) is 0. The van der Waals surface area contributed by atoms with Gasteiger partial charge in [0, 0.05) is 0 Å². The molecule has 0 aromatic carbocycles. The third-order valence-corrected chi connectivity index (χ3v) is 2.57. The van der Waals surface area contributed by atoms with Crippen LogP contribution in [0.3, 0.4) is 0 Å². The second kappa shape index (κ2) is 3.89. The zero-order valence-electron chi connectivity index (χ0n) is 6.78. The number of carbonyl (C=O) groups excluding carboxylic acids is 1. The molecule has 1 heterocycles. The molecule has 0 amide bonds. The van der Waals surface area contributed by atoms with Gasteiger partial charge in [0.1, 0.15) is 0 Å². The Morgan fingerprint density at radius 1 is 0.917 bits per heavy atom. The molecule has 1 aliphatic carbocycles. The summed E-state index contributed by atoms with van der Waals surface area (Å²) in [6.07, 6.45) is 9.00. The molecule has 0 bridgehead atoms. The average molecular weight is 192 g/mol. The highest BCUT2D eigenvalue weighted by Gasteiger charge is 2.46. The van der Waals surface area contributed by atoms with Crippen LogP contribution in [0.2, 0.25) is 0 Å². The van der Waals surface area contributed by atoms with Crippen molar-refractivity contribution in [2.45, 2.75) is 38.5 Å². The van der Waals surface area contributed by atoms with E-state index in [9.17, 15) is 13.2 Å². The van der Waals surface area contributed by atoms with Crippen LogP contribution in [0.25, 0.3) is 0 Å². The van der Waals surface area contributed by atoms with Crippen LogP contribution in [0.1, 0.15) is 38.5 Å². The minimum atomic E-state index is -3.63. The summed E-state index contributed by atoms with van der Waals surface area (Å²) in [5.74, 6) is 0. The molecular formula is C7H12O4S. The van der Waals surface area contributed by atoms with Gasteiger partial charge < -0.3 is 4.18 Å². The summed E-state index contributed by atoms with van der Waals surface area (Å²) >= 11 is 0. The normalized spacial score (nSPS) is 24.8. The van der Waals surface area contributed by atoms with Gasteiger partial charge in [-0.2, -0.15) is 8.42 Å². The Hall–Kier alpha value is -0.580. The van der Waals surface area contributed by atoms with E-state index in [0.717, 1.165) is 0 Å². The van der Waals surface area contributed by atoms with Crippen molar-refractivity contribution in [2.75, 3.05) is 0 Å². The monoisotopic (exact) mass is 192 g/mol. The van der Waals surface area contributed by atoms with Gasteiger partial charge in [0.05, 0.1) is 0 Å². The van der Waals surface area contributed by atoms with E-state index in [1.807, 2.05) is 0 Å². The van der Waals surface area contributed by atoms with Crippen LogP contribution in [0.4, 0.5) is 4.79 Å². The molecular weight excluding hydrogens is 180 g/mol. The lowest BCUT2D eigenvalue weighted by molar-refractivity contribution is 0.249. The van der Waals surface area contributed by atoms with Gasteiger partial charge in [0.2, 0.25) is 0 Å². The SMILES string of the molecule is C1CCCCC1.O=C1OS1(=O)=O. The van der Waals surface area contributed by atoms with Crippen LogP contribution >= 0.6 is 0 Å². The fourth-order valence-corrected chi connectivity index (χ4v) is 1.45. The molecule has 0 N–H and O–H groups in total. The zero-order valence-corrected chi connectivity index (χ0v) is 7.60. The van der Waals surface area contributed by atoms with Crippen molar-refractivity contribution in [2.24, 2.45) is 0 Å². The van der Waals surface area contributed by atoms with Gasteiger partial charge in [0.25, 0.3) is 0 Å². The molecule has 2 rings (SSSR count). The molecule has 2 fully saturated rings. The maximum absolute atomic E-state index is 9.50. The van der Waals surface area contributed by atoms with Crippen LogP contribution in [0.15, 0.2) is 0 Å². The second-order valence-electron chi connectivity index (χ2n) is 2.91. The molecule has 1 saturated heterocycles. The fraction of sp³-hybridized carbons (Fsp3) is 0.857. The van der Waals surface area contributed by atoms with Crippen molar-refractivity contribution in [3.05, 3.63) is 0 Å². The minimum Gasteiger partial charge on any atom is -0.322 e. The van der Waals surface area contributed by atoms with E-state index in [1.165, 1.54) is 38.5 Å². The second-order valence-corrected chi connectivity index (χ2v) is 4.32. The summed E-state index contributed by atoms with van der Waals surface area (Å²) in [7, 11) is -3.63. The predicted octanol–water partition coefficient (Wildman–Crippen LogP) is 1.81. The van der Waals surface area contributed by atoms with Gasteiger partial charge in [-0.05, 0) is 0 Å². The summed E-state index contributed by atoms with van der Waals surface area (Å²) in [4.78, 5) is 9.40. The van der Waals surface area contributed by atoms with E-state index in [-0.39, 0.29) is 0 Å². The van der Waals surface area contributed by atoms with Crippen LogP contribution in [-0.4, -0.2) is 13.7 Å². The molecule has 0 radical (unpaired) electrons. The summed E-state index contributed by atoms with van der Waals surface area (Å²) in [5.41, 5.74) is 0. The van der Waals surface area contributed by atoms with Gasteiger partial charge in [-0.15, -0.1) is 0 Å². The minimum absolute atomic E-state index is 1.12. The van der Waals surface area contributed by atoms with E-state index in [1.54, 1.807) is 0 Å². The summed E-state index contributed by atoms with van der Waals surface area (Å²) in [6.45, 7) is 0. The molecule has 0 atom stereocenters. The quantitative estimate of drug-likeness (QED) is 0.549. The molecule has 2 aliphatic rings. The average Bonchev–Trinajstić information content (AvgIpc) is 2.61. The molecule has 5 heteroatoms. The molecule has 1 aliphatic heterocycles. The Bertz CT molecular complexity index is 239. The maximum atomic E-state index is 9.50. The molecule has 1 saturated carbocycles. The van der Waals surface area contributed by atoms with Crippen molar-refractivity contribution < 1.29 is 17.4 Å². The third-order valence-electron chi connectivity index (χ3n) is 1.86. The highest BCUT2D eigenvalue weighted by molar-refractivity contribution is 8.10. The van der Waals surface area contributed by atoms with Gasteiger partial charge >= 0.3 is 15.4 Å². The Morgan fingerprint density at radius 2 is 1.08 bits per heavy atom. The number of rotatable bonds is 0. The Morgan fingerprint density at radius 3 is 1.17 bits per heavy atom. The number of hydrogen-bond acceptors (Lipinski definition) is 4. The van der Waals surface area contributed by atoms with Gasteiger partial charge in [-0.1, -0.05) is 38.5 Å². The lowest BCUT2D eigenvalue weighted by atomic mass is 10.0. The first kappa shape index (κ1) is 9.51. The van der Waals surface area contributed by atoms with E-state index >= 15 is 0 Å². The third kappa shape index (κ3) is 3.21. The first-order valence-electron chi connectivity index (χ1n) is 4.11. The summed E-state index contributed by atoms with van der Waals surface area (Å²) < 4.78 is 22.4. The van der Waals surface area contributed by atoms with E-state index in [2.05, 4.69) is 4.18 Å². The summed E-state index contributed by atoms with van der Waals surface area (Å²) in [6, 6.07) is 0. The Balaban J connectivity index is 0.000000120. The Kier molecular flexibility index (Phi) is 3.08. The van der Waals surface area contributed by atoms with Crippen molar-refractivity contribution in [3.63, 3.8) is 0 Å². The number of carbonyl (C=O) groups is 1. The van der Waals surface area contributed by atoms with Crippen molar-refractivity contribution in [1.82, 2.24) is 0 Å². The van der Waals surface area contributed by atoms with Crippen molar-refractivity contribution in [3.8, 4) is 0 Å². The highest BCUT2D eigenvalue weighted by atomic mass is 32.2. The molecule has 0 spiro atoms. The van der Waals surface area contributed by atoms with Crippen LogP contribution < -0.4 is 0 Å². The smallest absolute Gasteiger partial charge is 0.322 e. The van der Waals surface area contributed by atoms with Crippen LogP contribution in [0, 0.1) is 0 Å². The molecule has 12 heavy (non-hydrogen) atoms. The molecule has 4 nitrogen and oxygen atoms in total. The van der Waals surface area contributed by atoms with Crippen molar-refractivity contribution >= 4 is 15.4 Å². The fourth-order valence-electron chi connectivity index (χ4n) is 1.13. The molecule has 70 valence electrons. The Labute approximate surface area is 72.0 Å². The van der Waals surface area contributed by atoms with E-state index in [4.69, 9.17) is 0 Å². The standard InChI is InChI=1S/C6H12.CO4S/c1-2-4-6-5-3-1;2-1-5-6(1,3)4/h1-6H2;. The van der Waals surface area contributed by atoms with Gasteiger partial charge in [0.15, 0.2) is 0 Å². The molecule has 0 aromatic heterocycles. The molecule has 0 aromatic rings. The van der Waals surface area contributed by atoms with Crippen molar-refractivity contribution in [1.29, 1.82) is 0 Å². The lowest BCUT2D eigenvalue weighted by Crippen LogP contribution is -1.85. The lowest BCUT2D eigenvalue weighted by Gasteiger charge is -2.05. The first-order valence-corrected chi connectivity index (χ1v) is 5.52. The van der Waals surface area contributed by atoms with Crippen LogP contribution in [0.5, 0.6) is 0 Å². The first-order chi connectivity index (χ1) is 5.63. The van der Waals surface area contributed by atoms with Gasteiger partial charge in [-0.3, -0.25) is 0 Å². The topological polar surface area (TPSA) is 63.7 Å². The predicted molar refractivity (Wildman–Crippen MR) is 43.1 cm³/mol. The maximum Gasteiger partial charge on any atom is 0.479 e. The van der Waals surface area contributed by atoms with Gasteiger partial charge in [-0.25, -0.2) is 4.79 Å². The highest BCUT2D eigenvalue weighted by Crippen LogP contribution is 2.15. The largest absolute Gasteiger partial charge is 0.479 e. The molecule has 0 unspecified atom stereocenters. The zero-order chi connectivity index (χ0) is 9.03. The van der Waals surface area contributed by atoms with E-state index in [0.29, 0.717) is 0 Å². The van der Waals surface area contributed by atoms with Crippen LogP contribution in [-0.2, 0) is 14.3 Å². The summed E-state index contributed by atoms with van der Waals surface area (Å²) in [5, 5.41) is -1.12.